The van der Waals surface area contributed by atoms with E-state index in [1.54, 1.807) is 44.6 Å². The first kappa shape index (κ1) is 14.9. The first-order valence-corrected chi connectivity index (χ1v) is 6.61. The third-order valence-electron chi connectivity index (χ3n) is 3.51. The first-order chi connectivity index (χ1) is 9.97. The van der Waals surface area contributed by atoms with E-state index in [4.69, 9.17) is 15.2 Å². The Bertz CT molecular complexity index is 693. The zero-order valence-electron chi connectivity index (χ0n) is 12.7. The molecule has 2 aromatic carbocycles. The van der Waals surface area contributed by atoms with Crippen LogP contribution in [0, 0.1) is 13.8 Å². The molecule has 2 rings (SSSR count). The lowest BCUT2D eigenvalue weighted by molar-refractivity contribution is 0.103. The van der Waals surface area contributed by atoms with Gasteiger partial charge in [-0.1, -0.05) is 0 Å². The normalized spacial score (nSPS) is 10.3. The lowest BCUT2D eigenvalue weighted by Crippen LogP contribution is -2.06. The number of nitrogen functional groups attached to an aromatic ring is 1. The minimum atomic E-state index is -0.0587. The highest BCUT2D eigenvalue weighted by atomic mass is 16.5. The molecule has 0 heterocycles. The average molecular weight is 285 g/mol. The van der Waals surface area contributed by atoms with Crippen LogP contribution in [-0.2, 0) is 0 Å². The summed E-state index contributed by atoms with van der Waals surface area (Å²) in [6, 6.07) is 8.80. The van der Waals surface area contributed by atoms with Crippen molar-refractivity contribution in [1.29, 1.82) is 0 Å². The highest BCUT2D eigenvalue weighted by Crippen LogP contribution is 2.31. The maximum atomic E-state index is 12.7. The predicted molar refractivity (Wildman–Crippen MR) is 83.3 cm³/mol. The zero-order chi connectivity index (χ0) is 15.6. The molecule has 2 N–H and O–H groups in total. The number of nitrogens with two attached hydrogens (primary N) is 1. The maximum Gasteiger partial charge on any atom is 0.193 e. The summed E-state index contributed by atoms with van der Waals surface area (Å²) in [6.45, 7) is 3.76. The van der Waals surface area contributed by atoms with Crippen LogP contribution >= 0.6 is 0 Å². The van der Waals surface area contributed by atoms with Gasteiger partial charge in [0.25, 0.3) is 0 Å². The number of ether oxygens (including phenoxy) is 2. The Balaban J connectivity index is 2.50. The number of anilines is 1. The second-order valence-corrected chi connectivity index (χ2v) is 4.92. The lowest BCUT2D eigenvalue weighted by Gasteiger charge is -2.12. The van der Waals surface area contributed by atoms with Gasteiger partial charge in [0.05, 0.1) is 14.2 Å². The molecule has 0 aliphatic rings. The third-order valence-corrected chi connectivity index (χ3v) is 3.51. The highest BCUT2D eigenvalue weighted by Gasteiger charge is 2.16. The van der Waals surface area contributed by atoms with Gasteiger partial charge >= 0.3 is 0 Å². The fourth-order valence-corrected chi connectivity index (χ4v) is 2.20. The standard InChI is InChI=1S/C17H19NO3/c1-10-8-15(20-3)16(21-4)9-13(10)17(19)12-5-6-14(18)11(2)7-12/h5-9H,18H2,1-4H3. The summed E-state index contributed by atoms with van der Waals surface area (Å²) in [4.78, 5) is 12.7. The zero-order valence-corrected chi connectivity index (χ0v) is 12.7. The van der Waals surface area contributed by atoms with Gasteiger partial charge in [0.15, 0.2) is 17.3 Å². The van der Waals surface area contributed by atoms with Crippen LogP contribution in [0.1, 0.15) is 27.0 Å². The van der Waals surface area contributed by atoms with Gasteiger partial charge in [0.2, 0.25) is 0 Å². The molecule has 0 saturated heterocycles. The van der Waals surface area contributed by atoms with Gasteiger partial charge in [-0.3, -0.25) is 4.79 Å². The van der Waals surface area contributed by atoms with Crippen molar-refractivity contribution in [1.82, 2.24) is 0 Å². The summed E-state index contributed by atoms with van der Waals surface area (Å²) in [5.41, 5.74) is 9.40. The molecule has 2 aromatic rings. The van der Waals surface area contributed by atoms with Gasteiger partial charge in [0, 0.05) is 16.8 Å². The number of carbonyl (C=O) groups is 1. The molecule has 0 unspecified atom stereocenters. The second kappa shape index (κ2) is 5.87. The number of hydrogen-bond donors (Lipinski definition) is 1. The number of methoxy groups -OCH3 is 2. The average Bonchev–Trinajstić information content (AvgIpc) is 2.49. The summed E-state index contributed by atoms with van der Waals surface area (Å²) in [6.07, 6.45) is 0. The van der Waals surface area contributed by atoms with E-state index >= 15 is 0 Å². The van der Waals surface area contributed by atoms with E-state index in [1.807, 2.05) is 13.8 Å². The first-order valence-electron chi connectivity index (χ1n) is 6.61. The molecule has 0 bridgehead atoms. The van der Waals surface area contributed by atoms with Gasteiger partial charge < -0.3 is 15.2 Å². The van der Waals surface area contributed by atoms with Gasteiger partial charge in [-0.05, 0) is 55.3 Å². The SMILES string of the molecule is COc1cc(C)c(C(=O)c2ccc(N)c(C)c2)cc1OC. The molecule has 0 aliphatic heterocycles. The number of aryl methyl sites for hydroxylation is 2. The van der Waals surface area contributed by atoms with Crippen LogP contribution in [0.15, 0.2) is 30.3 Å². The fourth-order valence-electron chi connectivity index (χ4n) is 2.20. The molecular formula is C17H19NO3. The van der Waals surface area contributed by atoms with Crippen molar-refractivity contribution in [3.8, 4) is 11.5 Å². The molecule has 0 fully saturated rings. The molecule has 0 radical (unpaired) electrons. The lowest BCUT2D eigenvalue weighted by atomic mass is 9.97. The molecule has 21 heavy (non-hydrogen) atoms. The number of carbonyl (C=O) groups excluding carboxylic acids is 1. The quantitative estimate of drug-likeness (QED) is 0.692. The van der Waals surface area contributed by atoms with Crippen LogP contribution in [0.2, 0.25) is 0 Å². The molecule has 0 amide bonds. The Labute approximate surface area is 124 Å². The minimum Gasteiger partial charge on any atom is -0.493 e. The van der Waals surface area contributed by atoms with Crippen molar-refractivity contribution in [2.24, 2.45) is 0 Å². The smallest absolute Gasteiger partial charge is 0.193 e. The molecule has 4 nitrogen and oxygen atoms in total. The van der Waals surface area contributed by atoms with E-state index in [2.05, 4.69) is 0 Å². The number of hydrogen-bond acceptors (Lipinski definition) is 4. The van der Waals surface area contributed by atoms with E-state index < -0.39 is 0 Å². The monoisotopic (exact) mass is 285 g/mol. The number of rotatable bonds is 4. The molecule has 0 atom stereocenters. The molecule has 0 saturated carbocycles. The van der Waals surface area contributed by atoms with E-state index in [1.165, 1.54) is 0 Å². The molecular weight excluding hydrogens is 266 g/mol. The van der Waals surface area contributed by atoms with Crippen LogP contribution in [0.5, 0.6) is 11.5 Å². The van der Waals surface area contributed by atoms with Crippen LogP contribution in [-0.4, -0.2) is 20.0 Å². The highest BCUT2D eigenvalue weighted by molar-refractivity contribution is 6.10. The van der Waals surface area contributed by atoms with Crippen LogP contribution < -0.4 is 15.2 Å². The Hall–Kier alpha value is -2.49. The van der Waals surface area contributed by atoms with E-state index in [0.29, 0.717) is 28.3 Å². The third kappa shape index (κ3) is 2.84. The number of benzene rings is 2. The molecule has 0 aliphatic carbocycles. The Morgan fingerprint density at radius 3 is 2.14 bits per heavy atom. The van der Waals surface area contributed by atoms with Gasteiger partial charge in [-0.15, -0.1) is 0 Å². The minimum absolute atomic E-state index is 0.0587. The van der Waals surface area contributed by atoms with Crippen molar-refractivity contribution < 1.29 is 14.3 Å². The second-order valence-electron chi connectivity index (χ2n) is 4.92. The molecule has 0 aromatic heterocycles. The molecule has 0 spiro atoms. The number of ketones is 1. The Kier molecular flexibility index (Phi) is 4.17. The van der Waals surface area contributed by atoms with Gasteiger partial charge in [-0.25, -0.2) is 0 Å². The summed E-state index contributed by atoms with van der Waals surface area (Å²) in [5.74, 6) is 1.09. The Morgan fingerprint density at radius 1 is 0.952 bits per heavy atom. The van der Waals surface area contributed by atoms with E-state index in [-0.39, 0.29) is 5.78 Å². The van der Waals surface area contributed by atoms with Crippen molar-refractivity contribution in [3.63, 3.8) is 0 Å². The van der Waals surface area contributed by atoms with Gasteiger partial charge in [-0.2, -0.15) is 0 Å². The summed E-state index contributed by atoms with van der Waals surface area (Å²) in [7, 11) is 3.12. The summed E-state index contributed by atoms with van der Waals surface area (Å²) < 4.78 is 10.5. The molecule has 110 valence electrons. The van der Waals surface area contributed by atoms with Gasteiger partial charge in [0.1, 0.15) is 0 Å². The van der Waals surface area contributed by atoms with E-state index in [9.17, 15) is 4.79 Å². The largest absolute Gasteiger partial charge is 0.493 e. The topological polar surface area (TPSA) is 61.5 Å². The summed E-state index contributed by atoms with van der Waals surface area (Å²) >= 11 is 0. The van der Waals surface area contributed by atoms with Crippen LogP contribution in [0.4, 0.5) is 5.69 Å². The predicted octanol–water partition coefficient (Wildman–Crippen LogP) is 3.13. The fraction of sp³-hybridized carbons (Fsp3) is 0.235. The van der Waals surface area contributed by atoms with Crippen molar-refractivity contribution in [3.05, 3.63) is 52.6 Å². The van der Waals surface area contributed by atoms with Crippen molar-refractivity contribution >= 4 is 11.5 Å². The van der Waals surface area contributed by atoms with Crippen molar-refractivity contribution in [2.75, 3.05) is 20.0 Å². The van der Waals surface area contributed by atoms with E-state index in [0.717, 1.165) is 11.1 Å². The summed E-state index contributed by atoms with van der Waals surface area (Å²) in [5, 5.41) is 0. The Morgan fingerprint density at radius 2 is 1.57 bits per heavy atom. The molecule has 4 heteroatoms. The maximum absolute atomic E-state index is 12.7. The van der Waals surface area contributed by atoms with Crippen molar-refractivity contribution in [2.45, 2.75) is 13.8 Å². The van der Waals surface area contributed by atoms with Crippen LogP contribution in [0.3, 0.4) is 0 Å². The van der Waals surface area contributed by atoms with Crippen LogP contribution in [0.25, 0.3) is 0 Å².